The number of aryl methyl sites for hydroxylation is 2. The Kier molecular flexibility index (Phi) is 5.01. The van der Waals surface area contributed by atoms with E-state index in [1.807, 2.05) is 12.3 Å². The summed E-state index contributed by atoms with van der Waals surface area (Å²) in [5, 5.41) is 0. The van der Waals surface area contributed by atoms with Gasteiger partial charge in [-0.2, -0.15) is 0 Å². The minimum Gasteiger partial charge on any atom is -0.313 e. The van der Waals surface area contributed by atoms with E-state index in [-0.39, 0.29) is 0 Å². The molecule has 0 aliphatic rings. The lowest BCUT2D eigenvalue weighted by Crippen LogP contribution is -2.05. The lowest BCUT2D eigenvalue weighted by molar-refractivity contribution is 0.591. The number of unbranched alkanes of at least 4 members (excludes halogenated alkanes) is 2. The fourth-order valence-electron chi connectivity index (χ4n) is 2.06. The second-order valence-electron chi connectivity index (χ2n) is 4.32. The largest absolute Gasteiger partial charge is 0.313 e. The van der Waals surface area contributed by atoms with E-state index in [0.29, 0.717) is 5.88 Å². The molecule has 0 aromatic carbocycles. The Morgan fingerprint density at radius 2 is 2.22 bits per heavy atom. The number of pyridine rings is 1. The first-order valence-corrected chi connectivity index (χ1v) is 7.65. The molecular weight excluding hydrogens is 314 g/mol. The topological polar surface area (TPSA) is 30.7 Å². The van der Waals surface area contributed by atoms with E-state index in [0.717, 1.165) is 40.8 Å². The van der Waals surface area contributed by atoms with Crippen molar-refractivity contribution in [3.63, 3.8) is 0 Å². The maximum Gasteiger partial charge on any atom is 0.160 e. The first-order valence-electron chi connectivity index (χ1n) is 6.33. The maximum atomic E-state index is 5.85. The van der Waals surface area contributed by atoms with Gasteiger partial charge in [0.05, 0.1) is 0 Å². The predicted octanol–water partition coefficient (Wildman–Crippen LogP) is 4.17. The van der Waals surface area contributed by atoms with Crippen LogP contribution in [0.25, 0.3) is 11.2 Å². The number of hydrogen-bond donors (Lipinski definition) is 0. The lowest BCUT2D eigenvalue weighted by Gasteiger charge is -2.07. The summed E-state index contributed by atoms with van der Waals surface area (Å²) in [5.74, 6) is 1.64. The van der Waals surface area contributed by atoms with Gasteiger partial charge in [0.2, 0.25) is 0 Å². The Balaban J connectivity index is 2.35. The molecule has 0 unspecified atom stereocenters. The van der Waals surface area contributed by atoms with Crippen LogP contribution in [0.1, 0.15) is 32.0 Å². The Hall–Kier alpha value is -0.610. The highest BCUT2D eigenvalue weighted by molar-refractivity contribution is 9.10. The van der Waals surface area contributed by atoms with Crippen molar-refractivity contribution in [3.8, 4) is 0 Å². The molecule has 2 heterocycles. The molecule has 2 aromatic heterocycles. The molecule has 0 N–H and O–H groups in total. The van der Waals surface area contributed by atoms with Crippen LogP contribution in [-0.2, 0) is 13.0 Å². The van der Waals surface area contributed by atoms with Crippen molar-refractivity contribution in [2.45, 2.75) is 39.2 Å². The molecule has 0 saturated carbocycles. The second kappa shape index (κ2) is 6.53. The molecule has 0 amide bonds. The number of halogens is 2. The summed E-state index contributed by atoms with van der Waals surface area (Å²) < 4.78 is 3.17. The van der Waals surface area contributed by atoms with E-state index >= 15 is 0 Å². The third kappa shape index (κ3) is 3.04. The van der Waals surface area contributed by atoms with Gasteiger partial charge in [0.15, 0.2) is 5.65 Å². The van der Waals surface area contributed by atoms with E-state index in [1.54, 1.807) is 0 Å². The van der Waals surface area contributed by atoms with Crippen molar-refractivity contribution >= 4 is 38.7 Å². The van der Waals surface area contributed by atoms with Crippen LogP contribution in [0.4, 0.5) is 0 Å². The normalized spacial score (nSPS) is 11.3. The van der Waals surface area contributed by atoms with Crippen molar-refractivity contribution < 1.29 is 0 Å². The first kappa shape index (κ1) is 13.8. The van der Waals surface area contributed by atoms with Gasteiger partial charge >= 0.3 is 0 Å². The average Bonchev–Trinajstić information content (AvgIpc) is 2.67. The van der Waals surface area contributed by atoms with Gasteiger partial charge in [0.1, 0.15) is 11.3 Å². The van der Waals surface area contributed by atoms with Gasteiger partial charge in [-0.15, -0.1) is 11.6 Å². The molecule has 18 heavy (non-hydrogen) atoms. The van der Waals surface area contributed by atoms with Crippen LogP contribution < -0.4 is 0 Å². The molecule has 0 aliphatic carbocycles. The van der Waals surface area contributed by atoms with Crippen LogP contribution in [0.2, 0.25) is 0 Å². The van der Waals surface area contributed by atoms with E-state index in [2.05, 4.69) is 37.4 Å². The highest BCUT2D eigenvalue weighted by Crippen LogP contribution is 2.19. The summed E-state index contributed by atoms with van der Waals surface area (Å²) in [4.78, 5) is 9.10. The third-order valence-corrected chi connectivity index (χ3v) is 3.56. The summed E-state index contributed by atoms with van der Waals surface area (Å²) in [6.45, 7) is 3.19. The molecule has 0 bridgehead atoms. The lowest BCUT2D eigenvalue weighted by atomic mass is 10.2. The van der Waals surface area contributed by atoms with Gasteiger partial charge in [-0.05, 0) is 28.4 Å². The molecule has 3 nitrogen and oxygen atoms in total. The van der Waals surface area contributed by atoms with Crippen molar-refractivity contribution in [2.75, 3.05) is 5.88 Å². The molecule has 0 saturated heterocycles. The van der Waals surface area contributed by atoms with Crippen LogP contribution in [0.5, 0.6) is 0 Å². The first-order chi connectivity index (χ1) is 8.76. The molecule has 0 fully saturated rings. The number of imidazole rings is 1. The Bertz CT molecular complexity index is 524. The molecule has 0 spiro atoms. The summed E-state index contributed by atoms with van der Waals surface area (Å²) in [6.07, 6.45) is 6.23. The number of rotatable bonds is 6. The standard InChI is InChI=1S/C13H17BrClN3/c1-2-3-4-7-18-12(5-6-15)17-11-8-10(14)9-16-13(11)18/h8-9H,2-7H2,1H3. The Morgan fingerprint density at radius 1 is 1.39 bits per heavy atom. The quantitative estimate of drug-likeness (QED) is 0.588. The molecule has 0 radical (unpaired) electrons. The fraction of sp³-hybridized carbons (Fsp3) is 0.538. The zero-order valence-corrected chi connectivity index (χ0v) is 12.8. The molecule has 2 aromatic rings. The number of alkyl halides is 1. The molecule has 0 aliphatic heterocycles. The van der Waals surface area contributed by atoms with E-state index in [4.69, 9.17) is 11.6 Å². The third-order valence-electron chi connectivity index (χ3n) is 2.93. The summed E-state index contributed by atoms with van der Waals surface area (Å²) in [7, 11) is 0. The fourth-order valence-corrected chi connectivity index (χ4v) is 2.55. The van der Waals surface area contributed by atoms with Crippen LogP contribution in [-0.4, -0.2) is 20.4 Å². The van der Waals surface area contributed by atoms with E-state index in [9.17, 15) is 0 Å². The molecular formula is C13H17BrClN3. The van der Waals surface area contributed by atoms with Gasteiger partial charge in [0.25, 0.3) is 0 Å². The molecule has 5 heteroatoms. The van der Waals surface area contributed by atoms with E-state index < -0.39 is 0 Å². The number of fused-ring (bicyclic) bond motifs is 1. The Morgan fingerprint density at radius 3 is 2.94 bits per heavy atom. The highest BCUT2D eigenvalue weighted by atomic mass is 79.9. The van der Waals surface area contributed by atoms with Gasteiger partial charge in [-0.25, -0.2) is 9.97 Å². The minimum absolute atomic E-state index is 0.596. The highest BCUT2D eigenvalue weighted by Gasteiger charge is 2.11. The monoisotopic (exact) mass is 329 g/mol. The summed E-state index contributed by atoms with van der Waals surface area (Å²) in [5.41, 5.74) is 1.91. The minimum atomic E-state index is 0.596. The average molecular weight is 331 g/mol. The Labute approximate surface area is 121 Å². The number of aromatic nitrogens is 3. The van der Waals surface area contributed by atoms with Crippen molar-refractivity contribution in [1.29, 1.82) is 0 Å². The predicted molar refractivity (Wildman–Crippen MR) is 79.2 cm³/mol. The molecule has 98 valence electrons. The van der Waals surface area contributed by atoms with Crippen molar-refractivity contribution in [1.82, 2.24) is 14.5 Å². The summed E-state index contributed by atoms with van der Waals surface area (Å²) in [6, 6.07) is 2.01. The van der Waals surface area contributed by atoms with Gasteiger partial charge in [-0.3, -0.25) is 0 Å². The number of hydrogen-bond acceptors (Lipinski definition) is 2. The second-order valence-corrected chi connectivity index (χ2v) is 5.62. The van der Waals surface area contributed by atoms with Gasteiger partial charge < -0.3 is 4.57 Å². The number of nitrogens with zero attached hydrogens (tertiary/aromatic N) is 3. The SMILES string of the molecule is CCCCCn1c(CCCl)nc2cc(Br)cnc21. The van der Waals surface area contributed by atoms with Crippen molar-refractivity contribution in [2.24, 2.45) is 0 Å². The van der Waals surface area contributed by atoms with Crippen LogP contribution in [0, 0.1) is 0 Å². The molecule has 2 rings (SSSR count). The smallest absolute Gasteiger partial charge is 0.160 e. The van der Waals surface area contributed by atoms with Crippen LogP contribution in [0.3, 0.4) is 0 Å². The summed E-state index contributed by atoms with van der Waals surface area (Å²) >= 11 is 9.28. The van der Waals surface area contributed by atoms with Crippen LogP contribution in [0.15, 0.2) is 16.7 Å². The molecule has 0 atom stereocenters. The van der Waals surface area contributed by atoms with Crippen LogP contribution >= 0.6 is 27.5 Å². The zero-order valence-electron chi connectivity index (χ0n) is 10.5. The van der Waals surface area contributed by atoms with E-state index in [1.165, 1.54) is 12.8 Å². The van der Waals surface area contributed by atoms with Gasteiger partial charge in [0, 0.05) is 29.5 Å². The van der Waals surface area contributed by atoms with Gasteiger partial charge in [-0.1, -0.05) is 19.8 Å². The van der Waals surface area contributed by atoms with Crippen molar-refractivity contribution in [3.05, 3.63) is 22.6 Å². The maximum absolute atomic E-state index is 5.85. The zero-order chi connectivity index (χ0) is 13.0.